The van der Waals surface area contributed by atoms with E-state index in [1.165, 1.54) is 6.07 Å². The van der Waals surface area contributed by atoms with Gasteiger partial charge in [-0.3, -0.25) is 4.79 Å². The van der Waals surface area contributed by atoms with E-state index < -0.39 is 22.0 Å². The number of piperidine rings is 1. The van der Waals surface area contributed by atoms with Crippen molar-refractivity contribution in [2.45, 2.75) is 30.2 Å². The molecule has 1 heterocycles. The van der Waals surface area contributed by atoms with Crippen molar-refractivity contribution in [2.75, 3.05) is 6.54 Å². The highest BCUT2D eigenvalue weighted by molar-refractivity contribution is 9.11. The summed E-state index contributed by atoms with van der Waals surface area (Å²) in [4.78, 5) is 11.4. The molecule has 1 aromatic carbocycles. The summed E-state index contributed by atoms with van der Waals surface area (Å²) in [6.07, 6.45) is 1.75. The maximum Gasteiger partial charge on any atom is 0.322 e. The highest BCUT2D eigenvalue weighted by Gasteiger charge is 2.38. The van der Waals surface area contributed by atoms with Crippen LogP contribution in [0.25, 0.3) is 0 Å². The number of hydrogen-bond acceptors (Lipinski definition) is 3. The molecule has 0 radical (unpaired) electrons. The number of rotatable bonds is 3. The fraction of sp³-hybridized carbons (Fsp3) is 0.417. The third-order valence-corrected chi connectivity index (χ3v) is 6.61. The molecule has 8 heteroatoms. The fourth-order valence-electron chi connectivity index (χ4n) is 2.24. The molecule has 0 bridgehead atoms. The monoisotopic (exact) mass is 425 g/mol. The van der Waals surface area contributed by atoms with Crippen LogP contribution in [0.3, 0.4) is 0 Å². The number of halogens is 2. The van der Waals surface area contributed by atoms with Crippen LogP contribution in [0.2, 0.25) is 0 Å². The number of carboxylic acids is 1. The molecule has 1 aliphatic heterocycles. The molecule has 0 aliphatic carbocycles. The predicted octanol–water partition coefficient (Wildman–Crippen LogP) is 2.84. The Morgan fingerprint density at radius 2 is 2.00 bits per heavy atom. The van der Waals surface area contributed by atoms with Crippen LogP contribution in [0, 0.1) is 0 Å². The molecule has 1 N–H and O–H groups in total. The van der Waals surface area contributed by atoms with Crippen molar-refractivity contribution in [3.05, 3.63) is 27.1 Å². The van der Waals surface area contributed by atoms with Crippen LogP contribution >= 0.6 is 31.9 Å². The Kier molecular flexibility index (Phi) is 4.88. The van der Waals surface area contributed by atoms with Gasteiger partial charge in [-0.05, 0) is 53.4 Å². The Balaban J connectivity index is 2.47. The van der Waals surface area contributed by atoms with Crippen molar-refractivity contribution in [3.63, 3.8) is 0 Å². The van der Waals surface area contributed by atoms with E-state index in [0.29, 0.717) is 21.8 Å². The molecule has 0 aromatic heterocycles. The lowest BCUT2D eigenvalue weighted by atomic mass is 10.1. The topological polar surface area (TPSA) is 74.7 Å². The van der Waals surface area contributed by atoms with Gasteiger partial charge in [0, 0.05) is 15.5 Å². The number of aliphatic carboxylic acids is 1. The normalized spacial score (nSPS) is 20.8. The van der Waals surface area contributed by atoms with E-state index in [2.05, 4.69) is 31.9 Å². The van der Waals surface area contributed by atoms with Gasteiger partial charge in [0.2, 0.25) is 10.0 Å². The predicted molar refractivity (Wildman–Crippen MR) is 81.0 cm³/mol. The van der Waals surface area contributed by atoms with Gasteiger partial charge in [0.25, 0.3) is 0 Å². The second-order valence-corrected chi connectivity index (χ2v) is 8.17. The third-order valence-electron chi connectivity index (χ3n) is 3.22. The number of carboxylic acid groups (broad SMARTS) is 1. The van der Waals surface area contributed by atoms with Gasteiger partial charge in [-0.1, -0.05) is 15.9 Å². The van der Waals surface area contributed by atoms with Gasteiger partial charge < -0.3 is 5.11 Å². The van der Waals surface area contributed by atoms with Gasteiger partial charge in [-0.25, -0.2) is 8.42 Å². The van der Waals surface area contributed by atoms with E-state index >= 15 is 0 Å². The summed E-state index contributed by atoms with van der Waals surface area (Å²) in [6.45, 7) is 0.234. The number of benzene rings is 1. The summed E-state index contributed by atoms with van der Waals surface area (Å²) in [5.74, 6) is -1.10. The SMILES string of the molecule is O=C(O)[C@@H]1CCCCN1S(=O)(=O)c1cc(Br)ccc1Br. The van der Waals surface area contributed by atoms with Crippen molar-refractivity contribution in [1.82, 2.24) is 4.31 Å². The number of nitrogens with zero attached hydrogens (tertiary/aromatic N) is 1. The van der Waals surface area contributed by atoms with E-state index in [1.807, 2.05) is 0 Å². The molecular weight excluding hydrogens is 414 g/mol. The summed E-state index contributed by atoms with van der Waals surface area (Å²) in [5.41, 5.74) is 0. The Bertz CT molecular complexity index is 632. The largest absolute Gasteiger partial charge is 0.480 e. The second kappa shape index (κ2) is 6.13. The van der Waals surface area contributed by atoms with Crippen LogP contribution in [0.15, 0.2) is 32.0 Å². The summed E-state index contributed by atoms with van der Waals surface area (Å²) < 4.78 is 27.5. The Labute approximate surface area is 134 Å². The highest BCUT2D eigenvalue weighted by atomic mass is 79.9. The maximum absolute atomic E-state index is 12.7. The molecule has 1 fully saturated rings. The Morgan fingerprint density at radius 1 is 1.30 bits per heavy atom. The average molecular weight is 427 g/mol. The summed E-state index contributed by atoms with van der Waals surface area (Å²) in [7, 11) is -3.83. The quantitative estimate of drug-likeness (QED) is 0.806. The van der Waals surface area contributed by atoms with Gasteiger partial charge >= 0.3 is 5.97 Å². The standard InChI is InChI=1S/C12H13Br2NO4S/c13-8-4-5-9(14)11(7-8)20(18,19)15-6-2-1-3-10(15)12(16)17/h4-5,7,10H,1-3,6H2,(H,16,17)/t10-/m0/s1. The molecule has 1 saturated heterocycles. The van der Waals surface area contributed by atoms with E-state index in [9.17, 15) is 18.3 Å². The molecule has 2 rings (SSSR count). The molecule has 1 atom stereocenters. The molecule has 20 heavy (non-hydrogen) atoms. The minimum absolute atomic E-state index is 0.0834. The minimum Gasteiger partial charge on any atom is -0.480 e. The van der Waals surface area contributed by atoms with E-state index in [0.717, 1.165) is 10.7 Å². The molecule has 5 nitrogen and oxygen atoms in total. The molecule has 0 spiro atoms. The van der Waals surface area contributed by atoms with Crippen LogP contribution in [0.1, 0.15) is 19.3 Å². The van der Waals surface area contributed by atoms with Gasteiger partial charge in [-0.2, -0.15) is 4.31 Å². The Morgan fingerprint density at radius 3 is 2.65 bits per heavy atom. The molecule has 0 unspecified atom stereocenters. The molecule has 1 aliphatic rings. The van der Waals surface area contributed by atoms with Crippen LogP contribution in [0.5, 0.6) is 0 Å². The molecule has 0 saturated carbocycles. The lowest BCUT2D eigenvalue weighted by Crippen LogP contribution is -2.47. The van der Waals surface area contributed by atoms with Gasteiger partial charge in [0.05, 0.1) is 4.90 Å². The summed E-state index contributed by atoms with van der Waals surface area (Å²) >= 11 is 6.45. The highest BCUT2D eigenvalue weighted by Crippen LogP contribution is 2.31. The van der Waals surface area contributed by atoms with E-state index in [1.54, 1.807) is 12.1 Å². The van der Waals surface area contributed by atoms with Crippen LogP contribution in [0.4, 0.5) is 0 Å². The third kappa shape index (κ3) is 3.08. The molecule has 0 amide bonds. The molecule has 1 aromatic rings. The fourth-order valence-corrected chi connectivity index (χ4v) is 5.36. The van der Waals surface area contributed by atoms with Crippen LogP contribution in [-0.2, 0) is 14.8 Å². The summed E-state index contributed by atoms with van der Waals surface area (Å²) in [5, 5.41) is 9.22. The van der Waals surface area contributed by atoms with Crippen molar-refractivity contribution >= 4 is 47.9 Å². The first-order chi connectivity index (χ1) is 9.34. The van der Waals surface area contributed by atoms with Gasteiger partial charge in [0.1, 0.15) is 6.04 Å². The van der Waals surface area contributed by atoms with E-state index in [-0.39, 0.29) is 11.4 Å². The van der Waals surface area contributed by atoms with Crippen LogP contribution < -0.4 is 0 Å². The lowest BCUT2D eigenvalue weighted by molar-refractivity contribution is -0.142. The lowest BCUT2D eigenvalue weighted by Gasteiger charge is -2.32. The number of carbonyl (C=O) groups is 1. The first kappa shape index (κ1) is 15.9. The number of hydrogen-bond donors (Lipinski definition) is 1. The molecule has 110 valence electrons. The first-order valence-corrected chi connectivity index (χ1v) is 9.06. The average Bonchev–Trinajstić information content (AvgIpc) is 2.41. The van der Waals surface area contributed by atoms with Crippen molar-refractivity contribution in [2.24, 2.45) is 0 Å². The van der Waals surface area contributed by atoms with Gasteiger partial charge in [0.15, 0.2) is 0 Å². The number of sulfonamides is 1. The zero-order chi connectivity index (χ0) is 14.9. The smallest absolute Gasteiger partial charge is 0.322 e. The molecular formula is C12H13Br2NO4S. The van der Waals surface area contributed by atoms with Crippen LogP contribution in [-0.4, -0.2) is 36.4 Å². The maximum atomic E-state index is 12.7. The van der Waals surface area contributed by atoms with Crippen molar-refractivity contribution in [1.29, 1.82) is 0 Å². The second-order valence-electron chi connectivity index (χ2n) is 4.54. The first-order valence-electron chi connectivity index (χ1n) is 6.04. The van der Waals surface area contributed by atoms with Crippen molar-refractivity contribution < 1.29 is 18.3 Å². The zero-order valence-corrected chi connectivity index (χ0v) is 14.4. The van der Waals surface area contributed by atoms with E-state index in [4.69, 9.17) is 0 Å². The van der Waals surface area contributed by atoms with Gasteiger partial charge in [-0.15, -0.1) is 0 Å². The minimum atomic E-state index is -3.83. The Hall–Kier alpha value is -0.440. The zero-order valence-electron chi connectivity index (χ0n) is 10.4. The van der Waals surface area contributed by atoms with Crippen molar-refractivity contribution in [3.8, 4) is 0 Å². The summed E-state index contributed by atoms with van der Waals surface area (Å²) in [6, 6.07) is 3.83.